The summed E-state index contributed by atoms with van der Waals surface area (Å²) < 4.78 is 25.9. The Hall–Kier alpha value is -0.0900. The smallest absolute Gasteiger partial charge is 0.261 e. The van der Waals surface area contributed by atoms with E-state index >= 15 is 0 Å². The van der Waals surface area contributed by atoms with Crippen molar-refractivity contribution in [1.82, 2.24) is 0 Å². The molecule has 8 heavy (non-hydrogen) atoms. The quantitative estimate of drug-likeness (QED) is 0.501. The van der Waals surface area contributed by atoms with Crippen LogP contribution < -0.4 is 0 Å². The predicted octanol–water partition coefficient (Wildman–Crippen LogP) is 0.674. The number of hydrogen-bond donors (Lipinski definition) is 1. The number of rotatable bonds is 0. The second-order valence-corrected chi connectivity index (χ2v) is 3.26. The van der Waals surface area contributed by atoms with Crippen molar-refractivity contribution in [2.75, 3.05) is 6.26 Å². The average Bonchev–Trinajstić information content (AvgIpc) is 1.95. The maximum absolute atomic E-state index is 9.19. The molecule has 0 aromatic heterocycles. The predicted molar refractivity (Wildman–Crippen MR) is 31.3 cm³/mol. The summed E-state index contributed by atoms with van der Waals surface area (Å²) in [5, 5.41) is 0. The maximum atomic E-state index is 9.19. The van der Waals surface area contributed by atoms with Gasteiger partial charge in [-0.25, -0.2) is 0 Å². The lowest BCUT2D eigenvalue weighted by molar-refractivity contribution is 0.490. The lowest BCUT2D eigenvalue weighted by Crippen LogP contribution is -1.88. The SMILES string of the molecule is C1CC1.CS(=O)(=O)O. The molecule has 3 nitrogen and oxygen atoms in total. The monoisotopic (exact) mass is 138 g/mol. The molecule has 1 aliphatic carbocycles. The van der Waals surface area contributed by atoms with Crippen molar-refractivity contribution in [3.05, 3.63) is 0 Å². The van der Waals surface area contributed by atoms with Crippen LogP contribution in [0.3, 0.4) is 0 Å². The van der Waals surface area contributed by atoms with Crippen molar-refractivity contribution < 1.29 is 13.0 Å². The van der Waals surface area contributed by atoms with Crippen LogP contribution >= 0.6 is 0 Å². The van der Waals surface area contributed by atoms with Crippen molar-refractivity contribution >= 4 is 10.1 Å². The molecule has 0 radical (unpaired) electrons. The molecule has 0 bridgehead atoms. The van der Waals surface area contributed by atoms with E-state index < -0.39 is 10.1 Å². The van der Waals surface area contributed by atoms with Gasteiger partial charge in [-0.05, 0) is 0 Å². The Bertz CT molecular complexity index is 123. The van der Waals surface area contributed by atoms with Crippen LogP contribution in [0.5, 0.6) is 0 Å². The fourth-order valence-corrected chi connectivity index (χ4v) is 0. The summed E-state index contributed by atoms with van der Waals surface area (Å²) in [6.07, 6.45) is 5.22. The van der Waals surface area contributed by atoms with Crippen LogP contribution in [0, 0.1) is 0 Å². The molecule has 0 aromatic carbocycles. The Morgan fingerprint density at radius 3 is 1.38 bits per heavy atom. The fourth-order valence-electron chi connectivity index (χ4n) is 0. The van der Waals surface area contributed by atoms with E-state index in [2.05, 4.69) is 0 Å². The first-order valence-corrected chi connectivity index (χ1v) is 4.27. The standard InChI is InChI=1S/C3H6.CH4O3S/c1-2-3-1;1-5(2,3)4/h1-3H2;1H3,(H,2,3,4). The van der Waals surface area contributed by atoms with Gasteiger partial charge in [0.15, 0.2) is 0 Å². The highest BCUT2D eigenvalue weighted by Crippen LogP contribution is 2.14. The molecule has 4 heteroatoms. The van der Waals surface area contributed by atoms with Gasteiger partial charge in [0.05, 0.1) is 6.26 Å². The van der Waals surface area contributed by atoms with E-state index in [0.717, 1.165) is 0 Å². The van der Waals surface area contributed by atoms with Crippen molar-refractivity contribution in [1.29, 1.82) is 0 Å². The van der Waals surface area contributed by atoms with E-state index in [1.54, 1.807) is 0 Å². The van der Waals surface area contributed by atoms with Gasteiger partial charge in [0.2, 0.25) is 0 Å². The third-order valence-corrected chi connectivity index (χ3v) is 0.354. The molecule has 1 saturated carbocycles. The van der Waals surface area contributed by atoms with E-state index in [1.807, 2.05) is 0 Å². The molecule has 0 aliphatic heterocycles. The van der Waals surface area contributed by atoms with Crippen LogP contribution in [0.15, 0.2) is 0 Å². The van der Waals surface area contributed by atoms with Crippen LogP contribution in [-0.2, 0) is 10.1 Å². The molecule has 0 amide bonds. The van der Waals surface area contributed by atoms with Gasteiger partial charge in [-0.3, -0.25) is 4.55 Å². The van der Waals surface area contributed by atoms with Gasteiger partial charge in [-0.15, -0.1) is 0 Å². The van der Waals surface area contributed by atoms with Gasteiger partial charge >= 0.3 is 0 Å². The summed E-state index contributed by atoms with van der Waals surface area (Å²) in [6, 6.07) is 0. The van der Waals surface area contributed by atoms with Crippen LogP contribution in [0.1, 0.15) is 19.3 Å². The average molecular weight is 138 g/mol. The van der Waals surface area contributed by atoms with Crippen molar-refractivity contribution in [2.45, 2.75) is 19.3 Å². The highest BCUT2D eigenvalue weighted by molar-refractivity contribution is 7.85. The molecule has 1 rings (SSSR count). The zero-order valence-electron chi connectivity index (χ0n) is 4.79. The lowest BCUT2D eigenvalue weighted by atomic mass is 11.0. The molecular weight excluding hydrogens is 128 g/mol. The van der Waals surface area contributed by atoms with E-state index in [0.29, 0.717) is 6.26 Å². The fraction of sp³-hybridized carbons (Fsp3) is 1.00. The summed E-state index contributed by atoms with van der Waals surface area (Å²) in [7, 11) is -3.67. The normalized spacial score (nSPS) is 16.2. The zero-order chi connectivity index (χ0) is 6.62. The minimum absolute atomic E-state index is 0.715. The van der Waals surface area contributed by atoms with Gasteiger partial charge in [-0.1, -0.05) is 19.3 Å². The molecule has 1 aliphatic rings. The van der Waals surface area contributed by atoms with Gasteiger partial charge in [0.25, 0.3) is 10.1 Å². The first-order valence-electron chi connectivity index (χ1n) is 2.42. The molecule has 1 N–H and O–H groups in total. The van der Waals surface area contributed by atoms with E-state index in [4.69, 9.17) is 4.55 Å². The molecule has 0 saturated heterocycles. The number of hydrogen-bond acceptors (Lipinski definition) is 2. The first-order chi connectivity index (χ1) is 3.50. The molecule has 0 heterocycles. The van der Waals surface area contributed by atoms with Crippen LogP contribution in [0.2, 0.25) is 0 Å². The largest absolute Gasteiger partial charge is 0.286 e. The molecule has 0 aromatic rings. The molecular formula is C4H10O3S. The summed E-state index contributed by atoms with van der Waals surface area (Å²) in [6.45, 7) is 0. The Kier molecular flexibility index (Phi) is 3.01. The van der Waals surface area contributed by atoms with E-state index in [9.17, 15) is 8.42 Å². The molecule has 1 fully saturated rings. The van der Waals surface area contributed by atoms with Gasteiger partial charge < -0.3 is 0 Å². The van der Waals surface area contributed by atoms with Crippen molar-refractivity contribution in [3.63, 3.8) is 0 Å². The van der Waals surface area contributed by atoms with E-state index in [-0.39, 0.29) is 0 Å². The Balaban J connectivity index is 0.000000135. The summed E-state index contributed by atoms with van der Waals surface area (Å²) in [5.41, 5.74) is 0. The summed E-state index contributed by atoms with van der Waals surface area (Å²) in [5.74, 6) is 0. The van der Waals surface area contributed by atoms with Crippen molar-refractivity contribution in [3.8, 4) is 0 Å². The van der Waals surface area contributed by atoms with Crippen LogP contribution in [-0.4, -0.2) is 19.2 Å². The Labute approximate surface area is 49.5 Å². The third-order valence-electron chi connectivity index (χ3n) is 0.354. The molecule has 50 valence electrons. The third kappa shape index (κ3) is 172. The second kappa shape index (κ2) is 3.04. The summed E-state index contributed by atoms with van der Waals surface area (Å²) >= 11 is 0. The second-order valence-electron chi connectivity index (χ2n) is 1.79. The maximum Gasteiger partial charge on any atom is 0.261 e. The highest BCUT2D eigenvalue weighted by atomic mass is 32.2. The molecule has 0 unspecified atom stereocenters. The molecule has 0 atom stereocenters. The topological polar surface area (TPSA) is 54.4 Å². The Morgan fingerprint density at radius 2 is 1.38 bits per heavy atom. The van der Waals surface area contributed by atoms with Crippen LogP contribution in [0.25, 0.3) is 0 Å². The minimum Gasteiger partial charge on any atom is -0.286 e. The summed E-state index contributed by atoms with van der Waals surface area (Å²) in [4.78, 5) is 0. The van der Waals surface area contributed by atoms with E-state index in [1.165, 1.54) is 19.3 Å². The first kappa shape index (κ1) is 7.91. The zero-order valence-corrected chi connectivity index (χ0v) is 5.61. The van der Waals surface area contributed by atoms with Crippen molar-refractivity contribution in [2.24, 2.45) is 0 Å². The molecule has 0 spiro atoms. The van der Waals surface area contributed by atoms with Gasteiger partial charge in [0, 0.05) is 0 Å². The Morgan fingerprint density at radius 1 is 1.25 bits per heavy atom. The minimum atomic E-state index is -3.67. The van der Waals surface area contributed by atoms with Gasteiger partial charge in [0.1, 0.15) is 0 Å². The van der Waals surface area contributed by atoms with Gasteiger partial charge in [-0.2, -0.15) is 8.42 Å². The lowest BCUT2D eigenvalue weighted by Gasteiger charge is -1.69. The highest BCUT2D eigenvalue weighted by Gasteiger charge is 1.95. The van der Waals surface area contributed by atoms with Crippen LogP contribution in [0.4, 0.5) is 0 Å².